The van der Waals surface area contributed by atoms with Gasteiger partial charge in [-0.25, -0.2) is 4.98 Å². The van der Waals surface area contributed by atoms with Crippen molar-refractivity contribution in [1.82, 2.24) is 19.3 Å². The van der Waals surface area contributed by atoms with Gasteiger partial charge in [-0.2, -0.15) is 5.10 Å². The summed E-state index contributed by atoms with van der Waals surface area (Å²) in [6, 6.07) is 10.4. The van der Waals surface area contributed by atoms with Gasteiger partial charge in [0, 0.05) is 49.4 Å². The minimum absolute atomic E-state index is 0.0508. The smallest absolute Gasteiger partial charge is 0.293 e. The Hall–Kier alpha value is -2.89. The average molecular weight is 321 g/mol. The fraction of sp³-hybridized carbons (Fsp3) is 0.278. The summed E-state index contributed by atoms with van der Waals surface area (Å²) in [7, 11) is 1.90. The van der Waals surface area contributed by atoms with Crippen LogP contribution in [0.3, 0.4) is 0 Å². The summed E-state index contributed by atoms with van der Waals surface area (Å²) in [4.78, 5) is 16.7. The minimum atomic E-state index is -0.0508. The first kappa shape index (κ1) is 14.7. The first-order valence-electron chi connectivity index (χ1n) is 8.11. The third kappa shape index (κ3) is 2.82. The van der Waals surface area contributed by atoms with Gasteiger partial charge in [0.15, 0.2) is 5.82 Å². The quantitative estimate of drug-likeness (QED) is 0.784. The van der Waals surface area contributed by atoms with Crippen LogP contribution in [0.4, 0.5) is 5.82 Å². The summed E-state index contributed by atoms with van der Waals surface area (Å²) in [5.74, 6) is 0.396. The van der Waals surface area contributed by atoms with Crippen LogP contribution in [0.15, 0.2) is 53.7 Å². The Bertz CT molecular complexity index is 909. The fourth-order valence-corrected chi connectivity index (χ4v) is 2.87. The number of hydrogen-bond acceptors (Lipinski definition) is 4. The molecule has 1 saturated carbocycles. The van der Waals surface area contributed by atoms with Crippen LogP contribution in [0.1, 0.15) is 24.4 Å². The zero-order valence-electron chi connectivity index (χ0n) is 13.5. The molecule has 4 rings (SSSR count). The normalized spacial score (nSPS) is 13.9. The first-order valence-corrected chi connectivity index (χ1v) is 8.11. The Morgan fingerprint density at radius 2 is 2.04 bits per heavy atom. The lowest BCUT2D eigenvalue weighted by atomic mass is 10.1. The Morgan fingerprint density at radius 1 is 1.25 bits per heavy atom. The van der Waals surface area contributed by atoms with Crippen molar-refractivity contribution in [1.29, 1.82) is 0 Å². The molecular weight excluding hydrogens is 302 g/mol. The lowest BCUT2D eigenvalue weighted by molar-refractivity contribution is 0.699. The van der Waals surface area contributed by atoms with Crippen molar-refractivity contribution in [3.63, 3.8) is 0 Å². The molecule has 0 unspecified atom stereocenters. The molecule has 0 saturated heterocycles. The molecule has 1 aliphatic rings. The second kappa shape index (κ2) is 5.96. The van der Waals surface area contributed by atoms with E-state index in [0.717, 1.165) is 29.7 Å². The summed E-state index contributed by atoms with van der Waals surface area (Å²) < 4.78 is 3.57. The third-order valence-electron chi connectivity index (χ3n) is 4.21. The number of rotatable bonds is 5. The number of nitrogens with zero attached hydrogens (tertiary/aromatic N) is 4. The van der Waals surface area contributed by atoms with Crippen LogP contribution in [-0.4, -0.2) is 19.3 Å². The lowest BCUT2D eigenvalue weighted by Crippen LogP contribution is -2.23. The highest BCUT2D eigenvalue weighted by atomic mass is 16.1. The van der Waals surface area contributed by atoms with Crippen molar-refractivity contribution in [2.45, 2.75) is 25.4 Å². The molecule has 1 N–H and O–H groups in total. The Balaban J connectivity index is 1.59. The molecule has 2 heterocycles. The van der Waals surface area contributed by atoms with Gasteiger partial charge in [0.1, 0.15) is 0 Å². The van der Waals surface area contributed by atoms with Gasteiger partial charge in [-0.3, -0.25) is 9.48 Å². The standard InChI is InChI=1S/C18H19N5O/c1-22-12-14(16(21-22)13-5-3-2-4-6-13)11-20-17-18(24)23(10-9-19-17)15-7-8-15/h2-6,9-10,12,15H,7-8,11H2,1H3,(H,19,20). The monoisotopic (exact) mass is 321 g/mol. The molecule has 2 aromatic heterocycles. The predicted molar refractivity (Wildman–Crippen MR) is 92.7 cm³/mol. The second-order valence-electron chi connectivity index (χ2n) is 6.12. The van der Waals surface area contributed by atoms with Gasteiger partial charge in [0.05, 0.1) is 5.69 Å². The Kier molecular flexibility index (Phi) is 3.65. The zero-order valence-corrected chi connectivity index (χ0v) is 13.5. The number of benzene rings is 1. The van der Waals surface area contributed by atoms with Gasteiger partial charge in [-0.05, 0) is 12.8 Å². The van der Waals surface area contributed by atoms with Gasteiger partial charge in [-0.1, -0.05) is 30.3 Å². The molecule has 0 atom stereocenters. The van der Waals surface area contributed by atoms with E-state index in [9.17, 15) is 4.79 Å². The number of nitrogens with one attached hydrogen (secondary N) is 1. The zero-order chi connectivity index (χ0) is 16.5. The SMILES string of the molecule is Cn1cc(CNc2nccn(C3CC3)c2=O)c(-c2ccccc2)n1. The molecular formula is C18H19N5O. The van der Waals surface area contributed by atoms with E-state index in [2.05, 4.69) is 15.4 Å². The second-order valence-corrected chi connectivity index (χ2v) is 6.12. The van der Waals surface area contributed by atoms with Crippen LogP contribution in [-0.2, 0) is 13.6 Å². The van der Waals surface area contributed by atoms with Gasteiger partial charge in [-0.15, -0.1) is 0 Å². The number of aryl methyl sites for hydroxylation is 1. The largest absolute Gasteiger partial charge is 0.361 e. The van der Waals surface area contributed by atoms with Gasteiger partial charge >= 0.3 is 0 Å². The van der Waals surface area contributed by atoms with Crippen molar-refractivity contribution < 1.29 is 0 Å². The van der Waals surface area contributed by atoms with Gasteiger partial charge in [0.2, 0.25) is 0 Å². The maximum Gasteiger partial charge on any atom is 0.293 e. The highest BCUT2D eigenvalue weighted by Crippen LogP contribution is 2.33. The fourth-order valence-electron chi connectivity index (χ4n) is 2.87. The highest BCUT2D eigenvalue weighted by molar-refractivity contribution is 5.63. The summed E-state index contributed by atoms with van der Waals surface area (Å²) in [6.45, 7) is 0.509. The van der Waals surface area contributed by atoms with E-state index >= 15 is 0 Å². The average Bonchev–Trinajstić information content (AvgIpc) is 3.37. The van der Waals surface area contributed by atoms with E-state index in [4.69, 9.17) is 0 Å². The van der Waals surface area contributed by atoms with Crippen molar-refractivity contribution in [2.75, 3.05) is 5.32 Å². The van der Waals surface area contributed by atoms with E-state index in [0.29, 0.717) is 18.4 Å². The summed E-state index contributed by atoms with van der Waals surface area (Å²) in [5, 5.41) is 7.72. The molecule has 6 nitrogen and oxygen atoms in total. The summed E-state index contributed by atoms with van der Waals surface area (Å²) in [6.07, 6.45) is 7.57. The van der Waals surface area contributed by atoms with Crippen LogP contribution < -0.4 is 10.9 Å². The molecule has 0 bridgehead atoms. The molecule has 122 valence electrons. The molecule has 1 aromatic carbocycles. The topological polar surface area (TPSA) is 64.7 Å². The Labute approximate surface area is 139 Å². The van der Waals surface area contributed by atoms with E-state index in [1.807, 2.05) is 43.6 Å². The minimum Gasteiger partial charge on any atom is -0.361 e. The van der Waals surface area contributed by atoms with Crippen LogP contribution in [0.25, 0.3) is 11.3 Å². The van der Waals surface area contributed by atoms with Crippen molar-refractivity contribution >= 4 is 5.82 Å². The van der Waals surface area contributed by atoms with E-state index in [1.165, 1.54) is 0 Å². The van der Waals surface area contributed by atoms with Crippen molar-refractivity contribution in [3.05, 3.63) is 64.8 Å². The maximum atomic E-state index is 12.4. The number of aromatic nitrogens is 4. The van der Waals surface area contributed by atoms with Crippen LogP contribution in [0, 0.1) is 0 Å². The van der Waals surface area contributed by atoms with E-state index in [1.54, 1.807) is 21.6 Å². The van der Waals surface area contributed by atoms with Crippen LogP contribution >= 0.6 is 0 Å². The molecule has 0 spiro atoms. The summed E-state index contributed by atoms with van der Waals surface area (Å²) in [5.41, 5.74) is 2.97. The molecule has 6 heteroatoms. The molecule has 0 radical (unpaired) electrons. The molecule has 24 heavy (non-hydrogen) atoms. The van der Waals surface area contributed by atoms with Gasteiger partial charge < -0.3 is 9.88 Å². The lowest BCUT2D eigenvalue weighted by Gasteiger charge is -2.08. The number of anilines is 1. The van der Waals surface area contributed by atoms with Gasteiger partial charge in [0.25, 0.3) is 5.56 Å². The predicted octanol–water partition coefficient (Wildman–Crippen LogP) is 2.59. The first-order chi connectivity index (χ1) is 11.7. The highest BCUT2D eigenvalue weighted by Gasteiger charge is 2.25. The van der Waals surface area contributed by atoms with E-state index < -0.39 is 0 Å². The van der Waals surface area contributed by atoms with Crippen LogP contribution in [0.5, 0.6) is 0 Å². The molecule has 0 amide bonds. The maximum absolute atomic E-state index is 12.4. The summed E-state index contributed by atoms with van der Waals surface area (Å²) >= 11 is 0. The molecule has 1 aliphatic carbocycles. The van der Waals surface area contributed by atoms with Crippen LogP contribution in [0.2, 0.25) is 0 Å². The molecule has 0 aliphatic heterocycles. The van der Waals surface area contributed by atoms with E-state index in [-0.39, 0.29) is 5.56 Å². The van der Waals surface area contributed by atoms with Crippen molar-refractivity contribution in [3.8, 4) is 11.3 Å². The third-order valence-corrected chi connectivity index (χ3v) is 4.21. The number of hydrogen-bond donors (Lipinski definition) is 1. The molecule has 1 fully saturated rings. The van der Waals surface area contributed by atoms with Crippen molar-refractivity contribution in [2.24, 2.45) is 7.05 Å². The Morgan fingerprint density at radius 3 is 2.79 bits per heavy atom. The molecule has 3 aromatic rings.